The Morgan fingerprint density at radius 1 is 1.24 bits per heavy atom. The highest BCUT2D eigenvalue weighted by Crippen LogP contribution is 1.98. The van der Waals surface area contributed by atoms with Gasteiger partial charge in [0, 0.05) is 32.7 Å². The molecule has 1 rings (SSSR count). The third kappa shape index (κ3) is 10.7. The van der Waals surface area contributed by atoms with Crippen molar-refractivity contribution < 1.29 is 19.7 Å². The summed E-state index contributed by atoms with van der Waals surface area (Å²) in [4.78, 5) is 9.50. The molecule has 8 heteroatoms. The van der Waals surface area contributed by atoms with Gasteiger partial charge in [0.2, 0.25) is 0 Å². The minimum Gasteiger partial charge on any atom is -0.389 e. The van der Waals surface area contributed by atoms with Crippen molar-refractivity contribution >= 4 is 6.34 Å². The molecule has 25 heavy (non-hydrogen) atoms. The van der Waals surface area contributed by atoms with Gasteiger partial charge in [0.15, 0.2) is 0 Å². The molecule has 2 unspecified atom stereocenters. The maximum absolute atomic E-state index is 9.85. The van der Waals surface area contributed by atoms with Gasteiger partial charge >= 0.3 is 0 Å². The first-order valence-electron chi connectivity index (χ1n) is 8.43. The topological polar surface area (TPSA) is 92.3 Å². The molecule has 0 aliphatic heterocycles. The Labute approximate surface area is 149 Å². The summed E-state index contributed by atoms with van der Waals surface area (Å²) < 4.78 is 12.7. The molecule has 2 N–H and O–H groups in total. The second-order valence-electron chi connectivity index (χ2n) is 5.68. The summed E-state index contributed by atoms with van der Waals surface area (Å²) >= 11 is 0. The largest absolute Gasteiger partial charge is 0.389 e. The highest BCUT2D eigenvalue weighted by molar-refractivity contribution is 5.56. The monoisotopic (exact) mass is 354 g/mol. The van der Waals surface area contributed by atoms with E-state index in [1.54, 1.807) is 43.2 Å². The first-order valence-corrected chi connectivity index (χ1v) is 8.43. The van der Waals surface area contributed by atoms with Gasteiger partial charge in [0.25, 0.3) is 0 Å². The average molecular weight is 354 g/mol. The number of imidazole rings is 1. The molecule has 0 aliphatic carbocycles. The van der Waals surface area contributed by atoms with E-state index in [1.807, 2.05) is 4.57 Å². The Morgan fingerprint density at radius 2 is 1.92 bits per heavy atom. The van der Waals surface area contributed by atoms with E-state index >= 15 is 0 Å². The third-order valence-electron chi connectivity index (χ3n) is 3.35. The van der Waals surface area contributed by atoms with Crippen molar-refractivity contribution in [1.29, 1.82) is 0 Å². The SMILES string of the molecule is C=CN(C=NC)CC(O)COCCCCOCC(O)Cn1ccnc1. The lowest BCUT2D eigenvalue weighted by atomic mass is 10.3. The molecule has 0 amide bonds. The van der Waals surface area contributed by atoms with Gasteiger partial charge in [-0.05, 0) is 19.0 Å². The van der Waals surface area contributed by atoms with Gasteiger partial charge in [-0.15, -0.1) is 0 Å². The molecule has 0 radical (unpaired) electrons. The Bertz CT molecular complexity index is 467. The number of aromatic nitrogens is 2. The lowest BCUT2D eigenvalue weighted by molar-refractivity contribution is 0.0149. The third-order valence-corrected chi connectivity index (χ3v) is 3.35. The molecule has 0 bridgehead atoms. The lowest BCUT2D eigenvalue weighted by Crippen LogP contribution is -2.30. The Hall–Kier alpha value is -1.74. The molecule has 0 fully saturated rings. The van der Waals surface area contributed by atoms with E-state index < -0.39 is 12.2 Å². The Morgan fingerprint density at radius 3 is 2.48 bits per heavy atom. The van der Waals surface area contributed by atoms with Gasteiger partial charge in [-0.3, -0.25) is 4.99 Å². The van der Waals surface area contributed by atoms with Crippen LogP contribution in [0.4, 0.5) is 0 Å². The fraction of sp³-hybridized carbons (Fsp3) is 0.647. The molecule has 0 spiro atoms. The van der Waals surface area contributed by atoms with Crippen molar-refractivity contribution in [3.63, 3.8) is 0 Å². The molecule has 8 nitrogen and oxygen atoms in total. The predicted octanol–water partition coefficient (Wildman–Crippen LogP) is 0.522. The number of aliphatic imine (C=N–C) groups is 1. The first-order chi connectivity index (χ1) is 12.2. The van der Waals surface area contributed by atoms with E-state index in [1.165, 1.54) is 0 Å². The van der Waals surface area contributed by atoms with Crippen LogP contribution in [0.25, 0.3) is 0 Å². The Balaban J connectivity index is 1.93. The maximum Gasteiger partial charge on any atom is 0.0952 e. The van der Waals surface area contributed by atoms with Crippen LogP contribution in [0.2, 0.25) is 0 Å². The normalized spacial score (nSPS) is 13.9. The van der Waals surface area contributed by atoms with Gasteiger partial charge in [-0.1, -0.05) is 6.58 Å². The number of aliphatic hydroxyl groups excluding tert-OH is 2. The molecular weight excluding hydrogens is 324 g/mol. The summed E-state index contributed by atoms with van der Waals surface area (Å²) in [5.41, 5.74) is 0. The van der Waals surface area contributed by atoms with E-state index in [4.69, 9.17) is 9.47 Å². The molecular formula is C17H30N4O4. The van der Waals surface area contributed by atoms with Crippen LogP contribution < -0.4 is 0 Å². The number of hydrogen-bond donors (Lipinski definition) is 2. The Kier molecular flexibility index (Phi) is 11.5. The van der Waals surface area contributed by atoms with Crippen molar-refractivity contribution in [2.24, 2.45) is 4.99 Å². The van der Waals surface area contributed by atoms with Crippen LogP contribution in [0.1, 0.15) is 12.8 Å². The van der Waals surface area contributed by atoms with Crippen molar-refractivity contribution in [3.05, 3.63) is 31.5 Å². The summed E-state index contributed by atoms with van der Waals surface area (Å²) in [6.07, 6.45) is 8.91. The van der Waals surface area contributed by atoms with Crippen LogP contribution in [-0.4, -0.2) is 83.2 Å². The van der Waals surface area contributed by atoms with Crippen molar-refractivity contribution in [2.45, 2.75) is 31.6 Å². The zero-order valence-corrected chi connectivity index (χ0v) is 14.9. The minimum absolute atomic E-state index is 0.270. The number of unbranched alkanes of at least 4 members (excludes halogenated alkanes) is 1. The van der Waals surface area contributed by atoms with Crippen LogP contribution in [0.5, 0.6) is 0 Å². The average Bonchev–Trinajstić information content (AvgIpc) is 3.09. The standard InChI is InChI=1S/C17H30N4O4/c1-3-20(14-18-2)10-16(22)12-24-8-4-5-9-25-13-17(23)11-21-7-6-19-15-21/h3,6-7,14-17,22-23H,1,4-5,8-13H2,2H3. The quantitative estimate of drug-likeness (QED) is 0.271. The van der Waals surface area contributed by atoms with Gasteiger partial charge in [0.1, 0.15) is 0 Å². The molecule has 0 saturated heterocycles. The zero-order valence-electron chi connectivity index (χ0n) is 14.9. The first kappa shape index (κ1) is 21.3. The van der Waals surface area contributed by atoms with Crippen LogP contribution >= 0.6 is 0 Å². The fourth-order valence-electron chi connectivity index (χ4n) is 2.15. The summed E-state index contributed by atoms with van der Waals surface area (Å²) in [5.74, 6) is 0. The van der Waals surface area contributed by atoms with Crippen molar-refractivity contribution in [2.75, 3.05) is 40.0 Å². The smallest absolute Gasteiger partial charge is 0.0952 e. The van der Waals surface area contributed by atoms with Crippen LogP contribution in [0, 0.1) is 0 Å². The molecule has 2 atom stereocenters. The highest BCUT2D eigenvalue weighted by Gasteiger charge is 2.07. The second-order valence-corrected chi connectivity index (χ2v) is 5.68. The molecule has 0 aromatic carbocycles. The van der Waals surface area contributed by atoms with Crippen molar-refractivity contribution in [1.82, 2.24) is 14.5 Å². The van der Waals surface area contributed by atoms with Gasteiger partial charge < -0.3 is 29.2 Å². The van der Waals surface area contributed by atoms with E-state index in [2.05, 4.69) is 16.6 Å². The minimum atomic E-state index is -0.592. The predicted molar refractivity (Wildman–Crippen MR) is 96.4 cm³/mol. The van der Waals surface area contributed by atoms with Crippen LogP contribution in [0.3, 0.4) is 0 Å². The molecule has 1 aromatic rings. The van der Waals surface area contributed by atoms with Crippen LogP contribution in [-0.2, 0) is 16.0 Å². The number of hydrogen-bond acceptors (Lipinski definition) is 6. The summed E-state index contributed by atoms with van der Waals surface area (Å²) in [7, 11) is 1.66. The van der Waals surface area contributed by atoms with Crippen molar-refractivity contribution in [3.8, 4) is 0 Å². The molecule has 0 saturated carbocycles. The highest BCUT2D eigenvalue weighted by atomic mass is 16.5. The van der Waals surface area contributed by atoms with Gasteiger partial charge in [-0.2, -0.15) is 0 Å². The zero-order chi connectivity index (χ0) is 18.3. The maximum atomic E-state index is 9.85. The number of aliphatic hydroxyl groups is 2. The molecule has 1 aromatic heterocycles. The van der Waals surface area contributed by atoms with E-state index in [-0.39, 0.29) is 6.61 Å². The molecule has 142 valence electrons. The number of nitrogens with zero attached hydrogens (tertiary/aromatic N) is 4. The summed E-state index contributed by atoms with van der Waals surface area (Å²) in [6.45, 7) is 6.24. The molecule has 1 heterocycles. The van der Waals surface area contributed by atoms with E-state index in [9.17, 15) is 10.2 Å². The second kappa shape index (κ2) is 13.5. The van der Waals surface area contributed by atoms with E-state index in [0.29, 0.717) is 32.9 Å². The summed E-state index contributed by atoms with van der Waals surface area (Å²) in [6, 6.07) is 0. The van der Waals surface area contributed by atoms with Crippen LogP contribution in [0.15, 0.2) is 36.5 Å². The van der Waals surface area contributed by atoms with E-state index in [0.717, 1.165) is 12.8 Å². The molecule has 0 aliphatic rings. The van der Waals surface area contributed by atoms with Gasteiger partial charge in [0.05, 0.1) is 51.2 Å². The fourth-order valence-corrected chi connectivity index (χ4v) is 2.15. The number of ether oxygens (including phenoxy) is 2. The summed E-state index contributed by atoms with van der Waals surface area (Å²) in [5, 5.41) is 19.7. The van der Waals surface area contributed by atoms with Gasteiger partial charge in [-0.25, -0.2) is 4.98 Å². The lowest BCUT2D eigenvalue weighted by Gasteiger charge is -2.18. The number of rotatable bonds is 15.